The van der Waals surface area contributed by atoms with Crippen molar-refractivity contribution in [3.8, 4) is 5.75 Å². The molecule has 2 aliphatic heterocycles. The topological polar surface area (TPSA) is 61.9 Å². The monoisotopic (exact) mass is 419 g/mol. The summed E-state index contributed by atoms with van der Waals surface area (Å²) in [7, 11) is 0. The zero-order valence-electron chi connectivity index (χ0n) is 18.2. The van der Waals surface area contributed by atoms with E-state index in [1.54, 1.807) is 0 Å². The van der Waals surface area contributed by atoms with Crippen molar-refractivity contribution >= 4 is 28.8 Å². The molecule has 2 aliphatic rings. The fourth-order valence-electron chi connectivity index (χ4n) is 4.06. The zero-order valence-corrected chi connectivity index (χ0v) is 18.2. The molecule has 4 rings (SSSR count). The van der Waals surface area contributed by atoms with Gasteiger partial charge in [0, 0.05) is 31.0 Å². The highest BCUT2D eigenvalue weighted by Gasteiger charge is 2.38. The molecule has 6 heteroatoms. The zero-order chi connectivity index (χ0) is 21.8. The van der Waals surface area contributed by atoms with Gasteiger partial charge in [0.05, 0.1) is 12.2 Å². The Kier molecular flexibility index (Phi) is 6.26. The lowest BCUT2D eigenvalue weighted by Crippen LogP contribution is -2.32. The quantitative estimate of drug-likeness (QED) is 0.647. The number of hydrogen-bond acceptors (Lipinski definition) is 5. The van der Waals surface area contributed by atoms with Gasteiger partial charge < -0.3 is 15.0 Å². The molecule has 2 heterocycles. The molecule has 1 fully saturated rings. The van der Waals surface area contributed by atoms with Crippen LogP contribution in [0.15, 0.2) is 54.2 Å². The lowest BCUT2D eigenvalue weighted by Gasteiger charge is -2.18. The largest absolute Gasteiger partial charge is 0.494 e. The minimum absolute atomic E-state index is 0.272. The molecule has 0 aliphatic carbocycles. The van der Waals surface area contributed by atoms with Crippen molar-refractivity contribution in [3.63, 3.8) is 0 Å². The molecule has 0 unspecified atom stereocenters. The third-order valence-corrected chi connectivity index (χ3v) is 5.71. The van der Waals surface area contributed by atoms with Gasteiger partial charge in [-0.2, -0.15) is 0 Å². The Morgan fingerprint density at radius 1 is 0.903 bits per heavy atom. The number of nitrogens with one attached hydrogen (secondary N) is 1. The summed E-state index contributed by atoms with van der Waals surface area (Å²) in [5, 5.41) is 3.22. The van der Waals surface area contributed by atoms with Crippen molar-refractivity contribution in [2.75, 3.05) is 36.5 Å². The summed E-state index contributed by atoms with van der Waals surface area (Å²) in [5.74, 6) is 0.186. The molecule has 31 heavy (non-hydrogen) atoms. The molecule has 0 saturated carbocycles. The number of nitrogens with zero attached hydrogens (tertiary/aromatic N) is 2. The molecule has 6 nitrogen and oxygen atoms in total. The number of ether oxygens (including phenoxy) is 1. The highest BCUT2D eigenvalue weighted by Crippen LogP contribution is 2.32. The maximum Gasteiger partial charge on any atom is 0.278 e. The van der Waals surface area contributed by atoms with Crippen molar-refractivity contribution in [2.24, 2.45) is 0 Å². The Hall–Kier alpha value is -3.28. The first-order valence-electron chi connectivity index (χ1n) is 11.1. The number of imide groups is 1. The first kappa shape index (κ1) is 21.0. The lowest BCUT2D eigenvalue weighted by molar-refractivity contribution is -0.136. The Morgan fingerprint density at radius 3 is 2.19 bits per heavy atom. The Balaban J connectivity index is 1.61. The van der Waals surface area contributed by atoms with Gasteiger partial charge in [-0.1, -0.05) is 19.1 Å². The highest BCUT2D eigenvalue weighted by molar-refractivity contribution is 6.36. The van der Waals surface area contributed by atoms with Gasteiger partial charge in [0.25, 0.3) is 11.8 Å². The molecule has 0 aromatic heterocycles. The molecule has 0 radical (unpaired) electrons. The summed E-state index contributed by atoms with van der Waals surface area (Å²) in [5.41, 5.74) is 3.40. The predicted octanol–water partition coefficient (Wildman–Crippen LogP) is 4.29. The molecule has 2 aromatic rings. The van der Waals surface area contributed by atoms with Crippen molar-refractivity contribution in [3.05, 3.63) is 59.8 Å². The van der Waals surface area contributed by atoms with Crippen LogP contribution < -0.4 is 15.0 Å². The van der Waals surface area contributed by atoms with E-state index in [4.69, 9.17) is 4.74 Å². The molecule has 0 bridgehead atoms. The highest BCUT2D eigenvalue weighted by atomic mass is 16.5. The average molecular weight is 420 g/mol. The number of hydrogen-bond donors (Lipinski definition) is 1. The standard InChI is InChI=1S/C25H29N3O3/c1-3-17-31-21-13-7-18(8-14-21)22-23(25(30)28(4-2)24(22)29)26-19-9-11-20(12-10-19)27-15-5-6-16-27/h7-14,26H,3-6,15-17H2,1-2H3. The van der Waals surface area contributed by atoms with Crippen LogP contribution in [0.25, 0.3) is 5.57 Å². The first-order chi connectivity index (χ1) is 15.1. The van der Waals surface area contributed by atoms with Crippen LogP contribution in [0.1, 0.15) is 38.7 Å². The van der Waals surface area contributed by atoms with E-state index in [0.717, 1.165) is 30.9 Å². The Morgan fingerprint density at radius 2 is 1.58 bits per heavy atom. The van der Waals surface area contributed by atoms with Crippen molar-refractivity contribution in [2.45, 2.75) is 33.1 Å². The summed E-state index contributed by atoms with van der Waals surface area (Å²) in [6.07, 6.45) is 3.37. The molecule has 1 saturated heterocycles. The number of likely N-dealkylation sites (N-methyl/N-ethyl adjacent to an activating group) is 1. The number of carbonyl (C=O) groups excluding carboxylic acids is 2. The number of anilines is 2. The van der Waals surface area contributed by atoms with Gasteiger partial charge in [-0.3, -0.25) is 14.5 Å². The van der Waals surface area contributed by atoms with E-state index in [1.165, 1.54) is 23.4 Å². The molecular formula is C25H29N3O3. The van der Waals surface area contributed by atoms with Gasteiger partial charge in [-0.15, -0.1) is 0 Å². The van der Waals surface area contributed by atoms with E-state index in [1.807, 2.05) is 43.3 Å². The molecule has 2 aromatic carbocycles. The first-order valence-corrected chi connectivity index (χ1v) is 11.1. The van der Waals surface area contributed by atoms with E-state index in [2.05, 4.69) is 29.3 Å². The summed E-state index contributed by atoms with van der Waals surface area (Å²) < 4.78 is 5.64. The van der Waals surface area contributed by atoms with Gasteiger partial charge in [0.1, 0.15) is 11.4 Å². The minimum Gasteiger partial charge on any atom is -0.494 e. The second kappa shape index (κ2) is 9.25. The van der Waals surface area contributed by atoms with Crippen LogP contribution in [0, 0.1) is 0 Å². The van der Waals surface area contributed by atoms with E-state index in [-0.39, 0.29) is 11.8 Å². The van der Waals surface area contributed by atoms with Crippen molar-refractivity contribution in [1.82, 2.24) is 4.90 Å². The summed E-state index contributed by atoms with van der Waals surface area (Å²) in [6, 6.07) is 15.4. The number of rotatable bonds is 8. The van der Waals surface area contributed by atoms with Crippen LogP contribution in [0.4, 0.5) is 11.4 Å². The number of amides is 2. The Labute approximate surface area is 183 Å². The fraction of sp³-hybridized carbons (Fsp3) is 0.360. The van der Waals surface area contributed by atoms with Gasteiger partial charge in [0.15, 0.2) is 0 Å². The number of benzene rings is 2. The molecule has 2 amide bonds. The van der Waals surface area contributed by atoms with E-state index < -0.39 is 0 Å². The van der Waals surface area contributed by atoms with E-state index >= 15 is 0 Å². The maximum absolute atomic E-state index is 13.0. The van der Waals surface area contributed by atoms with Crippen LogP contribution in [0.3, 0.4) is 0 Å². The van der Waals surface area contributed by atoms with Crippen molar-refractivity contribution in [1.29, 1.82) is 0 Å². The van der Waals surface area contributed by atoms with Gasteiger partial charge in [-0.25, -0.2) is 0 Å². The van der Waals surface area contributed by atoms with Crippen LogP contribution in [0.2, 0.25) is 0 Å². The fourth-order valence-corrected chi connectivity index (χ4v) is 4.06. The molecule has 0 atom stereocenters. The Bertz CT molecular complexity index is 974. The summed E-state index contributed by atoms with van der Waals surface area (Å²) in [6.45, 7) is 7.00. The van der Waals surface area contributed by atoms with Gasteiger partial charge >= 0.3 is 0 Å². The summed E-state index contributed by atoms with van der Waals surface area (Å²) >= 11 is 0. The third kappa shape index (κ3) is 4.29. The smallest absolute Gasteiger partial charge is 0.278 e. The third-order valence-electron chi connectivity index (χ3n) is 5.71. The molecule has 1 N–H and O–H groups in total. The van der Waals surface area contributed by atoms with Crippen molar-refractivity contribution < 1.29 is 14.3 Å². The van der Waals surface area contributed by atoms with Crippen LogP contribution in [-0.4, -0.2) is 43.0 Å². The lowest BCUT2D eigenvalue weighted by atomic mass is 10.0. The number of carbonyl (C=O) groups is 2. The van der Waals surface area contributed by atoms with Crippen LogP contribution >= 0.6 is 0 Å². The normalized spacial score (nSPS) is 16.5. The van der Waals surface area contributed by atoms with Gasteiger partial charge in [-0.05, 0) is 68.1 Å². The molecule has 0 spiro atoms. The maximum atomic E-state index is 13.0. The SMILES string of the molecule is CCCOc1ccc(C2=C(Nc3ccc(N4CCCC4)cc3)C(=O)N(CC)C2=O)cc1. The minimum atomic E-state index is -0.294. The predicted molar refractivity (Wildman–Crippen MR) is 123 cm³/mol. The van der Waals surface area contributed by atoms with E-state index in [9.17, 15) is 9.59 Å². The average Bonchev–Trinajstić information content (AvgIpc) is 3.41. The second-order valence-electron chi connectivity index (χ2n) is 7.84. The van der Waals surface area contributed by atoms with Crippen LogP contribution in [-0.2, 0) is 9.59 Å². The van der Waals surface area contributed by atoms with E-state index in [0.29, 0.717) is 30.0 Å². The second-order valence-corrected chi connectivity index (χ2v) is 7.84. The van der Waals surface area contributed by atoms with Gasteiger partial charge in [0.2, 0.25) is 0 Å². The molecular weight excluding hydrogens is 390 g/mol. The van der Waals surface area contributed by atoms with Crippen LogP contribution in [0.5, 0.6) is 5.75 Å². The molecule has 162 valence electrons. The summed E-state index contributed by atoms with van der Waals surface area (Å²) in [4.78, 5) is 29.6.